The Kier molecular flexibility index (Phi) is 8.77. The van der Waals surface area contributed by atoms with Crippen LogP contribution in [0.2, 0.25) is 0 Å². The van der Waals surface area contributed by atoms with E-state index in [4.69, 9.17) is 9.90 Å². The van der Waals surface area contributed by atoms with Crippen LogP contribution < -0.4 is 16.0 Å². The molecule has 2 fully saturated rings. The van der Waals surface area contributed by atoms with Gasteiger partial charge >= 0.3 is 0 Å². The zero-order chi connectivity index (χ0) is 26.4. The van der Waals surface area contributed by atoms with Gasteiger partial charge in [-0.1, -0.05) is 18.3 Å². The Bertz CT molecular complexity index is 1240. The summed E-state index contributed by atoms with van der Waals surface area (Å²) < 4.78 is 15.6. The highest BCUT2D eigenvalue weighted by Crippen LogP contribution is 2.35. The molecule has 2 aliphatic rings. The number of carboxylic acid groups (broad SMARTS) is 1. The highest BCUT2D eigenvalue weighted by molar-refractivity contribution is 7.98. The second kappa shape index (κ2) is 12.0. The molecular weight excluding hydrogens is 517 g/mol. The molecule has 4 N–H and O–H groups in total. The van der Waals surface area contributed by atoms with E-state index in [2.05, 4.69) is 37.8 Å². The van der Waals surface area contributed by atoms with Crippen molar-refractivity contribution < 1.29 is 19.1 Å². The van der Waals surface area contributed by atoms with E-state index in [-0.39, 0.29) is 29.3 Å². The topological polar surface area (TPSA) is 132 Å². The lowest BCUT2D eigenvalue weighted by atomic mass is 9.81. The van der Waals surface area contributed by atoms with Crippen LogP contribution in [0.1, 0.15) is 23.7 Å². The Morgan fingerprint density at radius 1 is 1.32 bits per heavy atom. The van der Waals surface area contributed by atoms with Gasteiger partial charge in [-0.25, -0.2) is 19.3 Å². The fourth-order valence-electron chi connectivity index (χ4n) is 4.35. The molecular formula is C24H30FN7O3S2. The van der Waals surface area contributed by atoms with Crippen molar-refractivity contribution >= 4 is 56.8 Å². The molecule has 2 aromatic heterocycles. The van der Waals surface area contributed by atoms with Crippen LogP contribution in [-0.2, 0) is 4.79 Å². The molecule has 3 aromatic rings. The number of rotatable bonds is 8. The van der Waals surface area contributed by atoms with Gasteiger partial charge in [0.05, 0.1) is 15.8 Å². The number of hydrogen-bond donors (Lipinski definition) is 4. The second-order valence-corrected chi connectivity index (χ2v) is 11.2. The van der Waals surface area contributed by atoms with E-state index < -0.39 is 5.82 Å². The maximum Gasteiger partial charge on any atom is 0.290 e. The summed E-state index contributed by atoms with van der Waals surface area (Å²) in [7, 11) is 0. The number of carbonyl (C=O) groups is 2. The zero-order valence-electron chi connectivity index (χ0n) is 20.7. The normalized spacial score (nSPS) is 16.6. The van der Waals surface area contributed by atoms with Crippen LogP contribution in [0.15, 0.2) is 29.4 Å². The first-order valence-corrected chi connectivity index (χ1v) is 13.9. The summed E-state index contributed by atoms with van der Waals surface area (Å²) in [6.07, 6.45) is 6.57. The van der Waals surface area contributed by atoms with Crippen molar-refractivity contribution in [3.8, 4) is 0 Å². The number of nitrogens with zero attached hydrogens (tertiary/aromatic N) is 4. The summed E-state index contributed by atoms with van der Waals surface area (Å²) in [5.74, 6) is 0.161. The predicted molar refractivity (Wildman–Crippen MR) is 144 cm³/mol. The number of nitrogens with one attached hydrogen (secondary N) is 3. The molecule has 0 radical (unpaired) electrons. The van der Waals surface area contributed by atoms with Gasteiger partial charge in [-0.15, -0.1) is 11.8 Å². The van der Waals surface area contributed by atoms with Gasteiger partial charge in [0.25, 0.3) is 12.4 Å². The van der Waals surface area contributed by atoms with Crippen molar-refractivity contribution in [2.75, 3.05) is 56.2 Å². The third-order valence-electron chi connectivity index (χ3n) is 6.51. The minimum Gasteiger partial charge on any atom is -0.483 e. The van der Waals surface area contributed by atoms with Crippen LogP contribution >= 0.6 is 23.1 Å². The first-order chi connectivity index (χ1) is 17.9. The number of thioether (sulfide) groups is 1. The number of likely N-dealkylation sites (tertiary alicyclic amines) is 1. The summed E-state index contributed by atoms with van der Waals surface area (Å²) in [5, 5.41) is 17.5. The standard InChI is InChI=1S/C23H28FN7OS2.CH2O2/c1-14(7-26-21-27-9-15(33-2)10-28-21)8-29-22-30-18-6-17(24)16(5-19(18)34-22)20(32)31-4-3-23(13-31)11-25-12-23;2-1-3/h5-6,9-10,14,25H,3-4,7-8,11-13H2,1-2H3,(H,29,30)(H,26,27,28);1H,(H,2,3)/t14-;/m0./s1. The number of benzene rings is 1. The molecule has 5 rings (SSSR count). The van der Waals surface area contributed by atoms with Gasteiger partial charge in [-0.2, -0.15) is 0 Å². The summed E-state index contributed by atoms with van der Waals surface area (Å²) in [5.41, 5.74) is 0.890. The quantitative estimate of drug-likeness (QED) is 0.246. The highest BCUT2D eigenvalue weighted by Gasteiger charge is 2.44. The molecule has 37 heavy (non-hydrogen) atoms. The highest BCUT2D eigenvalue weighted by atomic mass is 32.2. The third kappa shape index (κ3) is 6.46. The summed E-state index contributed by atoms with van der Waals surface area (Å²) in [4.78, 5) is 37.3. The van der Waals surface area contributed by atoms with E-state index in [1.54, 1.807) is 35.1 Å². The molecule has 1 spiro atoms. The van der Waals surface area contributed by atoms with Crippen LogP contribution in [0.5, 0.6) is 0 Å². The molecule has 2 aliphatic heterocycles. The van der Waals surface area contributed by atoms with Crippen LogP contribution in [-0.4, -0.2) is 82.9 Å². The van der Waals surface area contributed by atoms with Gasteiger partial charge in [0, 0.05) is 68.0 Å². The molecule has 0 unspecified atom stereocenters. The van der Waals surface area contributed by atoms with Crippen LogP contribution in [0, 0.1) is 17.2 Å². The van der Waals surface area contributed by atoms with E-state index in [1.165, 1.54) is 17.4 Å². The molecule has 0 aliphatic carbocycles. The van der Waals surface area contributed by atoms with E-state index in [9.17, 15) is 9.18 Å². The fraction of sp³-hybridized carbons (Fsp3) is 0.458. The number of carbonyl (C=O) groups excluding carboxylic acids is 1. The Morgan fingerprint density at radius 2 is 2.03 bits per heavy atom. The molecule has 13 heteroatoms. The Morgan fingerprint density at radius 3 is 2.65 bits per heavy atom. The Hall–Kier alpha value is -3.03. The minimum absolute atomic E-state index is 0.136. The molecule has 2 saturated heterocycles. The predicted octanol–water partition coefficient (Wildman–Crippen LogP) is 3.24. The van der Waals surface area contributed by atoms with Crippen LogP contribution in [0.3, 0.4) is 0 Å². The maximum absolute atomic E-state index is 14.8. The molecule has 198 valence electrons. The minimum atomic E-state index is -0.507. The maximum atomic E-state index is 14.8. The van der Waals surface area contributed by atoms with Crippen molar-refractivity contribution in [3.63, 3.8) is 0 Å². The number of amides is 1. The first-order valence-electron chi connectivity index (χ1n) is 11.9. The SMILES string of the molecule is CSc1cnc(NC[C@H](C)CNc2nc3cc(F)c(C(=O)N4CCC5(CNC5)C4)cc3s2)nc1.O=CO. The van der Waals surface area contributed by atoms with E-state index in [0.29, 0.717) is 42.8 Å². The summed E-state index contributed by atoms with van der Waals surface area (Å²) in [6, 6.07) is 3.03. The molecule has 1 aromatic carbocycles. The van der Waals surface area contributed by atoms with Gasteiger partial charge < -0.3 is 26.0 Å². The third-order valence-corrected chi connectivity index (χ3v) is 8.17. The molecule has 1 amide bonds. The van der Waals surface area contributed by atoms with Crippen molar-refractivity contribution in [2.24, 2.45) is 11.3 Å². The van der Waals surface area contributed by atoms with Crippen molar-refractivity contribution in [2.45, 2.75) is 18.2 Å². The van der Waals surface area contributed by atoms with Gasteiger partial charge in [0.15, 0.2) is 5.13 Å². The number of aromatic nitrogens is 3. The van der Waals surface area contributed by atoms with Gasteiger partial charge in [0.1, 0.15) is 5.82 Å². The largest absolute Gasteiger partial charge is 0.483 e. The molecule has 0 bridgehead atoms. The van der Waals surface area contributed by atoms with Crippen molar-refractivity contribution in [3.05, 3.63) is 35.9 Å². The lowest BCUT2D eigenvalue weighted by molar-refractivity contribution is -0.122. The first kappa shape index (κ1) is 27.0. The average molecular weight is 548 g/mol. The van der Waals surface area contributed by atoms with Crippen molar-refractivity contribution in [1.29, 1.82) is 0 Å². The van der Waals surface area contributed by atoms with E-state index in [1.807, 2.05) is 6.26 Å². The molecule has 1 atom stereocenters. The number of fused-ring (bicyclic) bond motifs is 1. The Balaban J connectivity index is 0.00000102. The van der Waals surface area contributed by atoms with E-state index >= 15 is 0 Å². The lowest BCUT2D eigenvalue weighted by Crippen LogP contribution is -2.55. The Labute approximate surface area is 222 Å². The number of anilines is 2. The van der Waals surface area contributed by atoms with Gasteiger partial charge in [-0.3, -0.25) is 9.59 Å². The number of halogens is 1. The fourth-order valence-corrected chi connectivity index (χ4v) is 5.56. The molecule has 10 nitrogen and oxygen atoms in total. The number of thiazole rings is 1. The smallest absolute Gasteiger partial charge is 0.290 e. The van der Waals surface area contributed by atoms with Crippen LogP contribution in [0.4, 0.5) is 15.5 Å². The van der Waals surface area contributed by atoms with Gasteiger partial charge in [-0.05, 0) is 24.7 Å². The average Bonchev–Trinajstić information content (AvgIpc) is 3.51. The van der Waals surface area contributed by atoms with Crippen LogP contribution in [0.25, 0.3) is 10.2 Å². The summed E-state index contributed by atoms with van der Waals surface area (Å²) >= 11 is 3.05. The van der Waals surface area contributed by atoms with Crippen molar-refractivity contribution in [1.82, 2.24) is 25.2 Å². The summed E-state index contributed by atoms with van der Waals surface area (Å²) in [6.45, 7) is 6.52. The van der Waals surface area contributed by atoms with Gasteiger partial charge in [0.2, 0.25) is 5.95 Å². The van der Waals surface area contributed by atoms with E-state index in [0.717, 1.165) is 29.1 Å². The number of hydrogen-bond acceptors (Lipinski definition) is 10. The zero-order valence-corrected chi connectivity index (χ0v) is 22.3. The molecule has 0 saturated carbocycles. The monoisotopic (exact) mass is 547 g/mol. The second-order valence-electron chi connectivity index (χ2n) is 9.32. The lowest BCUT2D eigenvalue weighted by Gasteiger charge is -2.39. The molecule has 4 heterocycles.